The molecule has 0 heterocycles. The molecular formula is C13H13NO2. The lowest BCUT2D eigenvalue weighted by molar-refractivity contribution is -0.120. The van der Waals surface area contributed by atoms with Crippen LogP contribution in [0.4, 0.5) is 0 Å². The molecule has 0 spiro atoms. The van der Waals surface area contributed by atoms with Crippen LogP contribution in [0.2, 0.25) is 0 Å². The van der Waals surface area contributed by atoms with E-state index in [1.165, 1.54) is 0 Å². The average molecular weight is 215 g/mol. The van der Waals surface area contributed by atoms with Crippen LogP contribution in [0.3, 0.4) is 0 Å². The third kappa shape index (κ3) is 1.77. The van der Waals surface area contributed by atoms with Gasteiger partial charge in [0, 0.05) is 0 Å². The molecule has 1 unspecified atom stereocenters. The minimum absolute atomic E-state index is 0.261. The first-order valence-electron chi connectivity index (χ1n) is 5.12. The lowest BCUT2D eigenvalue weighted by Gasteiger charge is -2.13. The normalized spacial score (nSPS) is 12.6. The summed E-state index contributed by atoms with van der Waals surface area (Å²) in [6.45, 7) is -0.261. The van der Waals surface area contributed by atoms with Gasteiger partial charge in [-0.05, 0) is 16.3 Å². The van der Waals surface area contributed by atoms with Gasteiger partial charge in [0.15, 0.2) is 0 Å². The van der Waals surface area contributed by atoms with Crippen LogP contribution < -0.4 is 5.73 Å². The van der Waals surface area contributed by atoms with Crippen LogP contribution in [0.5, 0.6) is 0 Å². The Hall–Kier alpha value is -1.87. The Kier molecular flexibility index (Phi) is 2.88. The van der Waals surface area contributed by atoms with Crippen LogP contribution in [0, 0.1) is 0 Å². The second-order valence-corrected chi connectivity index (χ2v) is 3.71. The highest BCUT2D eigenvalue weighted by Crippen LogP contribution is 2.25. The summed E-state index contributed by atoms with van der Waals surface area (Å²) < 4.78 is 0. The van der Waals surface area contributed by atoms with Crippen molar-refractivity contribution in [3.63, 3.8) is 0 Å². The molecule has 2 aromatic carbocycles. The zero-order valence-electron chi connectivity index (χ0n) is 8.76. The molecule has 0 radical (unpaired) electrons. The molecule has 1 amide bonds. The Balaban J connectivity index is 2.63. The maximum absolute atomic E-state index is 11.2. The molecule has 0 aliphatic carbocycles. The van der Waals surface area contributed by atoms with E-state index >= 15 is 0 Å². The van der Waals surface area contributed by atoms with E-state index in [9.17, 15) is 9.90 Å². The number of carbonyl (C=O) groups is 1. The first-order valence-corrected chi connectivity index (χ1v) is 5.12. The van der Waals surface area contributed by atoms with E-state index < -0.39 is 11.8 Å². The number of benzene rings is 2. The van der Waals surface area contributed by atoms with E-state index in [4.69, 9.17) is 5.73 Å². The highest BCUT2D eigenvalue weighted by Gasteiger charge is 2.18. The summed E-state index contributed by atoms with van der Waals surface area (Å²) in [6.07, 6.45) is 0. The van der Waals surface area contributed by atoms with Gasteiger partial charge in [-0.3, -0.25) is 4.79 Å². The Morgan fingerprint density at radius 1 is 1.19 bits per heavy atom. The number of amides is 1. The van der Waals surface area contributed by atoms with Gasteiger partial charge in [0.05, 0.1) is 12.5 Å². The van der Waals surface area contributed by atoms with Gasteiger partial charge in [-0.1, -0.05) is 42.5 Å². The van der Waals surface area contributed by atoms with E-state index in [1.54, 1.807) is 0 Å². The molecule has 0 saturated carbocycles. The van der Waals surface area contributed by atoms with Crippen LogP contribution >= 0.6 is 0 Å². The summed E-state index contributed by atoms with van der Waals surface area (Å²) in [5.74, 6) is -1.13. The van der Waals surface area contributed by atoms with Gasteiger partial charge in [0.25, 0.3) is 0 Å². The van der Waals surface area contributed by atoms with Crippen molar-refractivity contribution in [2.45, 2.75) is 5.92 Å². The molecule has 3 N–H and O–H groups in total. The third-order valence-electron chi connectivity index (χ3n) is 2.72. The Bertz CT molecular complexity index is 517. The summed E-state index contributed by atoms with van der Waals surface area (Å²) in [5, 5.41) is 11.2. The first-order chi connectivity index (χ1) is 7.74. The van der Waals surface area contributed by atoms with Crippen LogP contribution in [0.1, 0.15) is 11.5 Å². The molecule has 16 heavy (non-hydrogen) atoms. The summed E-state index contributed by atoms with van der Waals surface area (Å²) in [7, 11) is 0. The SMILES string of the molecule is NC(=O)C(CO)c1cccc2ccccc12. The maximum atomic E-state index is 11.2. The largest absolute Gasteiger partial charge is 0.395 e. The Morgan fingerprint density at radius 3 is 2.56 bits per heavy atom. The number of fused-ring (bicyclic) bond motifs is 1. The summed E-state index contributed by atoms with van der Waals surface area (Å²) in [4.78, 5) is 11.2. The van der Waals surface area contributed by atoms with Crippen molar-refractivity contribution >= 4 is 16.7 Å². The predicted octanol–water partition coefficient (Wildman–Crippen LogP) is 1.40. The van der Waals surface area contributed by atoms with Crippen LogP contribution in [0.25, 0.3) is 10.8 Å². The molecule has 0 fully saturated rings. The van der Waals surface area contributed by atoms with Gasteiger partial charge in [-0.2, -0.15) is 0 Å². The van der Waals surface area contributed by atoms with Gasteiger partial charge in [-0.15, -0.1) is 0 Å². The average Bonchev–Trinajstić information content (AvgIpc) is 2.30. The van der Waals surface area contributed by atoms with E-state index in [0.29, 0.717) is 0 Å². The van der Waals surface area contributed by atoms with Crippen molar-refractivity contribution in [3.05, 3.63) is 48.0 Å². The van der Waals surface area contributed by atoms with Crippen LogP contribution in [-0.2, 0) is 4.79 Å². The molecule has 0 aliphatic rings. The highest BCUT2D eigenvalue weighted by atomic mass is 16.3. The van der Waals surface area contributed by atoms with Crippen LogP contribution in [0.15, 0.2) is 42.5 Å². The fourth-order valence-electron chi connectivity index (χ4n) is 1.90. The van der Waals surface area contributed by atoms with Gasteiger partial charge in [-0.25, -0.2) is 0 Å². The minimum Gasteiger partial charge on any atom is -0.395 e. The second-order valence-electron chi connectivity index (χ2n) is 3.71. The summed E-state index contributed by atoms with van der Waals surface area (Å²) in [5.41, 5.74) is 6.06. The fraction of sp³-hybridized carbons (Fsp3) is 0.154. The molecule has 0 aromatic heterocycles. The molecular weight excluding hydrogens is 202 g/mol. The summed E-state index contributed by atoms with van der Waals surface area (Å²) in [6, 6.07) is 13.4. The monoisotopic (exact) mass is 215 g/mol. The van der Waals surface area contributed by atoms with Crippen molar-refractivity contribution < 1.29 is 9.90 Å². The maximum Gasteiger partial charge on any atom is 0.227 e. The molecule has 2 aromatic rings. The molecule has 2 rings (SSSR count). The molecule has 0 saturated heterocycles. The molecule has 82 valence electrons. The zero-order chi connectivity index (χ0) is 11.5. The number of hydrogen-bond acceptors (Lipinski definition) is 2. The molecule has 1 atom stereocenters. The van der Waals surface area contributed by atoms with E-state index in [-0.39, 0.29) is 6.61 Å². The first kappa shape index (κ1) is 10.6. The number of rotatable bonds is 3. The minimum atomic E-state index is -0.633. The second kappa shape index (κ2) is 4.33. The Labute approximate surface area is 93.5 Å². The van der Waals surface area contributed by atoms with Crippen molar-refractivity contribution in [1.82, 2.24) is 0 Å². The van der Waals surface area contributed by atoms with Gasteiger partial charge < -0.3 is 10.8 Å². The predicted molar refractivity (Wildman–Crippen MR) is 63.0 cm³/mol. The molecule has 0 aliphatic heterocycles. The lowest BCUT2D eigenvalue weighted by atomic mass is 9.93. The smallest absolute Gasteiger partial charge is 0.227 e. The molecule has 3 heteroatoms. The van der Waals surface area contributed by atoms with Gasteiger partial charge >= 0.3 is 0 Å². The van der Waals surface area contributed by atoms with Crippen LogP contribution in [-0.4, -0.2) is 17.6 Å². The number of aliphatic hydroxyl groups is 1. The highest BCUT2D eigenvalue weighted by molar-refractivity contribution is 5.92. The van der Waals surface area contributed by atoms with E-state index in [2.05, 4.69) is 0 Å². The fourth-order valence-corrected chi connectivity index (χ4v) is 1.90. The van der Waals surface area contributed by atoms with Crippen molar-refractivity contribution in [3.8, 4) is 0 Å². The summed E-state index contributed by atoms with van der Waals surface area (Å²) >= 11 is 0. The molecule has 0 bridgehead atoms. The van der Waals surface area contributed by atoms with Gasteiger partial charge in [0.1, 0.15) is 0 Å². The van der Waals surface area contributed by atoms with Crippen molar-refractivity contribution in [2.75, 3.05) is 6.61 Å². The van der Waals surface area contributed by atoms with E-state index in [1.807, 2.05) is 42.5 Å². The number of primary amides is 1. The lowest BCUT2D eigenvalue weighted by Crippen LogP contribution is -2.24. The standard InChI is InChI=1S/C13H13NO2/c14-13(16)12(8-15)11-7-3-5-9-4-1-2-6-10(9)11/h1-7,12,15H,8H2,(H2,14,16). The number of hydrogen-bond donors (Lipinski definition) is 2. The van der Waals surface area contributed by atoms with Crippen molar-refractivity contribution in [1.29, 1.82) is 0 Å². The van der Waals surface area contributed by atoms with Gasteiger partial charge in [0.2, 0.25) is 5.91 Å². The molecule has 3 nitrogen and oxygen atoms in total. The topological polar surface area (TPSA) is 63.3 Å². The van der Waals surface area contributed by atoms with E-state index in [0.717, 1.165) is 16.3 Å². The van der Waals surface area contributed by atoms with Crippen molar-refractivity contribution in [2.24, 2.45) is 5.73 Å². The number of nitrogens with two attached hydrogens (primary N) is 1. The zero-order valence-corrected chi connectivity index (χ0v) is 8.76. The number of carbonyl (C=O) groups excluding carboxylic acids is 1. The Morgan fingerprint density at radius 2 is 1.88 bits per heavy atom. The quantitative estimate of drug-likeness (QED) is 0.812. The third-order valence-corrected chi connectivity index (χ3v) is 2.72. The number of aliphatic hydroxyl groups excluding tert-OH is 1.